The second-order valence-corrected chi connectivity index (χ2v) is 8.83. The lowest BCUT2D eigenvalue weighted by molar-refractivity contribution is 0.0890. The lowest BCUT2D eigenvalue weighted by Gasteiger charge is -2.29. The molecule has 0 spiro atoms. The molecule has 1 fully saturated rings. The second kappa shape index (κ2) is 9.62. The molecule has 0 atom stereocenters. The summed E-state index contributed by atoms with van der Waals surface area (Å²) in [7, 11) is 1.54. The molecular weight excluding hydrogens is 470 g/mol. The molecule has 35 heavy (non-hydrogen) atoms. The Morgan fingerprint density at radius 2 is 1.86 bits per heavy atom. The van der Waals surface area contributed by atoms with Gasteiger partial charge in [-0.1, -0.05) is 4.49 Å². The summed E-state index contributed by atoms with van der Waals surface area (Å²) in [6.07, 6.45) is 5.94. The van der Waals surface area contributed by atoms with Crippen molar-refractivity contribution in [1.82, 2.24) is 39.8 Å². The van der Waals surface area contributed by atoms with Gasteiger partial charge in [-0.25, -0.2) is 14.5 Å². The maximum absolute atomic E-state index is 13.3. The maximum Gasteiger partial charge on any atom is 0.272 e. The molecule has 12 nitrogen and oxygen atoms in total. The number of nitrogen functional groups attached to an aromatic ring is 1. The van der Waals surface area contributed by atoms with E-state index in [1.165, 1.54) is 13.4 Å². The monoisotopic (exact) mass is 493 g/mol. The van der Waals surface area contributed by atoms with Gasteiger partial charge in [-0.15, -0.1) is 5.10 Å². The molecule has 1 aliphatic carbocycles. The van der Waals surface area contributed by atoms with E-state index in [9.17, 15) is 9.59 Å². The van der Waals surface area contributed by atoms with Crippen molar-refractivity contribution in [3.8, 4) is 17.1 Å². The van der Waals surface area contributed by atoms with Crippen molar-refractivity contribution in [2.24, 2.45) is 0 Å². The minimum atomic E-state index is -0.252. The number of methoxy groups -OCH3 is 1. The number of carbonyl (C=O) groups is 2. The zero-order valence-corrected chi connectivity index (χ0v) is 19.7. The van der Waals surface area contributed by atoms with Crippen LogP contribution >= 0.6 is 11.5 Å². The number of carbonyl (C=O) groups excluding carboxylic acids is 2. The standard InChI is InChI=1S/C22H23N9O3S/c1-34-18-8-12(6-7-24-18)17-9-15(19-20(23)25-11-26-31(17)19)21(32)27-13-2-4-14(5-3-13)28-22(33)16-10-35-30-29-16/h6-11,13-14H,2-5H2,1H3,(H,27,32)(H,28,33)(H2,23,25,26)/t13-,14-. The van der Waals surface area contributed by atoms with Crippen molar-refractivity contribution in [2.75, 3.05) is 12.8 Å². The average molecular weight is 494 g/mol. The number of nitrogens with two attached hydrogens (primary N) is 1. The Balaban J connectivity index is 1.31. The van der Waals surface area contributed by atoms with Gasteiger partial charge in [0.05, 0.1) is 18.4 Å². The molecule has 5 rings (SSSR count). The first-order valence-electron chi connectivity index (χ1n) is 11.0. The highest BCUT2D eigenvalue weighted by Crippen LogP contribution is 2.29. The summed E-state index contributed by atoms with van der Waals surface area (Å²) < 4.78 is 10.6. The zero-order chi connectivity index (χ0) is 24.4. The topological polar surface area (TPSA) is 162 Å². The van der Waals surface area contributed by atoms with Crippen LogP contribution in [0.4, 0.5) is 5.82 Å². The number of anilines is 1. The van der Waals surface area contributed by atoms with Crippen LogP contribution in [0.1, 0.15) is 46.5 Å². The second-order valence-electron chi connectivity index (χ2n) is 8.22. The predicted molar refractivity (Wildman–Crippen MR) is 128 cm³/mol. The van der Waals surface area contributed by atoms with Crippen LogP contribution in [0.25, 0.3) is 16.8 Å². The van der Waals surface area contributed by atoms with Crippen molar-refractivity contribution in [3.63, 3.8) is 0 Å². The van der Waals surface area contributed by atoms with E-state index in [2.05, 4.69) is 35.3 Å². The summed E-state index contributed by atoms with van der Waals surface area (Å²) >= 11 is 1.14. The molecular formula is C22H23N9O3S. The minimum absolute atomic E-state index is 0.0261. The van der Waals surface area contributed by atoms with Crippen molar-refractivity contribution in [3.05, 3.63) is 47.4 Å². The molecule has 13 heteroatoms. The van der Waals surface area contributed by atoms with Gasteiger partial charge in [0.15, 0.2) is 11.5 Å². The fourth-order valence-corrected chi connectivity index (χ4v) is 4.73. The molecule has 2 amide bonds. The predicted octanol–water partition coefficient (Wildman–Crippen LogP) is 1.70. The molecule has 0 saturated heterocycles. The highest BCUT2D eigenvalue weighted by atomic mass is 32.1. The molecule has 180 valence electrons. The SMILES string of the molecule is COc1cc(-c2cc(C(=O)N[C@H]3CC[C@H](NC(=O)c4csnn4)CC3)c3c(N)ncnn23)ccn1. The van der Waals surface area contributed by atoms with Gasteiger partial charge in [-0.05, 0) is 49.3 Å². The number of pyridine rings is 1. The number of ether oxygens (including phenoxy) is 1. The first-order valence-corrected chi connectivity index (χ1v) is 11.9. The Bertz CT molecular complexity index is 1360. The molecule has 1 saturated carbocycles. The molecule has 4 N–H and O–H groups in total. The molecule has 0 bridgehead atoms. The highest BCUT2D eigenvalue weighted by molar-refractivity contribution is 7.03. The molecule has 0 unspecified atom stereocenters. The number of rotatable bonds is 6. The third kappa shape index (κ3) is 4.62. The van der Waals surface area contributed by atoms with Gasteiger partial charge in [0.1, 0.15) is 11.8 Å². The van der Waals surface area contributed by atoms with Gasteiger partial charge in [0, 0.05) is 35.3 Å². The number of hydrogen-bond acceptors (Lipinski definition) is 10. The molecule has 1 aliphatic rings. The largest absolute Gasteiger partial charge is 0.481 e. The van der Waals surface area contributed by atoms with Gasteiger partial charge >= 0.3 is 0 Å². The Morgan fingerprint density at radius 3 is 2.54 bits per heavy atom. The third-order valence-electron chi connectivity index (χ3n) is 6.06. The van der Waals surface area contributed by atoms with Gasteiger partial charge in [0.2, 0.25) is 5.88 Å². The number of nitrogens with zero attached hydrogens (tertiary/aromatic N) is 6. The normalized spacial score (nSPS) is 17.7. The first-order chi connectivity index (χ1) is 17.0. The van der Waals surface area contributed by atoms with Crippen molar-refractivity contribution in [2.45, 2.75) is 37.8 Å². The van der Waals surface area contributed by atoms with Crippen LogP contribution in [-0.4, -0.2) is 60.2 Å². The van der Waals surface area contributed by atoms with E-state index < -0.39 is 0 Å². The molecule has 4 aromatic rings. The van der Waals surface area contributed by atoms with E-state index >= 15 is 0 Å². The number of nitrogens with one attached hydrogen (secondary N) is 2. The number of aromatic nitrogens is 6. The van der Waals surface area contributed by atoms with Gasteiger partial charge < -0.3 is 21.1 Å². The fourth-order valence-electron chi connectivity index (χ4n) is 4.30. The van der Waals surface area contributed by atoms with Crippen molar-refractivity contribution >= 4 is 34.7 Å². The summed E-state index contributed by atoms with van der Waals surface area (Å²) in [6, 6.07) is 5.32. The smallest absolute Gasteiger partial charge is 0.272 e. The van der Waals surface area contributed by atoms with Gasteiger partial charge in [-0.3, -0.25) is 9.59 Å². The lowest BCUT2D eigenvalue weighted by atomic mass is 9.91. The van der Waals surface area contributed by atoms with Gasteiger partial charge in [-0.2, -0.15) is 5.10 Å². The molecule has 4 aromatic heterocycles. The van der Waals surface area contributed by atoms with E-state index in [4.69, 9.17) is 10.5 Å². The van der Waals surface area contributed by atoms with E-state index in [1.807, 2.05) is 6.07 Å². The number of amides is 2. The van der Waals surface area contributed by atoms with Crippen molar-refractivity contribution in [1.29, 1.82) is 0 Å². The van der Waals surface area contributed by atoms with Crippen LogP contribution in [0.15, 0.2) is 36.1 Å². The number of fused-ring (bicyclic) bond motifs is 1. The van der Waals surface area contributed by atoms with E-state index in [0.717, 1.165) is 42.8 Å². The summed E-state index contributed by atoms with van der Waals surface area (Å²) in [5.74, 6) is 0.181. The van der Waals surface area contributed by atoms with Crippen LogP contribution in [0, 0.1) is 0 Å². The highest BCUT2D eigenvalue weighted by Gasteiger charge is 2.27. The summed E-state index contributed by atoms with van der Waals surface area (Å²) in [4.78, 5) is 33.7. The molecule has 4 heterocycles. The summed E-state index contributed by atoms with van der Waals surface area (Å²) in [5, 5.41) is 15.8. The minimum Gasteiger partial charge on any atom is -0.481 e. The summed E-state index contributed by atoms with van der Waals surface area (Å²) in [5.41, 5.74) is 8.74. The van der Waals surface area contributed by atoms with Crippen LogP contribution in [0.3, 0.4) is 0 Å². The Morgan fingerprint density at radius 1 is 1.11 bits per heavy atom. The zero-order valence-electron chi connectivity index (χ0n) is 18.8. The Kier molecular flexibility index (Phi) is 6.23. The fraction of sp³-hybridized carbons (Fsp3) is 0.318. The Hall–Kier alpha value is -4.13. The molecule has 0 radical (unpaired) electrons. The van der Waals surface area contributed by atoms with E-state index in [1.54, 1.807) is 28.2 Å². The average Bonchev–Trinajstić information content (AvgIpc) is 3.55. The van der Waals surface area contributed by atoms with Crippen molar-refractivity contribution < 1.29 is 14.3 Å². The number of hydrogen-bond donors (Lipinski definition) is 3. The van der Waals surface area contributed by atoms with Crippen LogP contribution in [0.5, 0.6) is 5.88 Å². The molecule has 0 aromatic carbocycles. The van der Waals surface area contributed by atoms with E-state index in [0.29, 0.717) is 28.3 Å². The van der Waals surface area contributed by atoms with Crippen LogP contribution in [-0.2, 0) is 0 Å². The van der Waals surface area contributed by atoms with Gasteiger partial charge in [0.25, 0.3) is 11.8 Å². The summed E-state index contributed by atoms with van der Waals surface area (Å²) in [6.45, 7) is 0. The molecule has 0 aliphatic heterocycles. The Labute approximate surface area is 204 Å². The van der Waals surface area contributed by atoms with E-state index in [-0.39, 0.29) is 29.7 Å². The first kappa shape index (κ1) is 22.7. The van der Waals surface area contributed by atoms with Crippen LogP contribution < -0.4 is 21.1 Å². The lowest BCUT2D eigenvalue weighted by Crippen LogP contribution is -2.43. The third-order valence-corrected chi connectivity index (χ3v) is 6.56. The van der Waals surface area contributed by atoms with Crippen LogP contribution in [0.2, 0.25) is 0 Å². The quantitative estimate of drug-likeness (QED) is 0.363. The maximum atomic E-state index is 13.3.